The molecule has 2 rings (SSSR count). The van der Waals surface area contributed by atoms with Crippen molar-refractivity contribution in [3.63, 3.8) is 0 Å². The lowest BCUT2D eigenvalue weighted by molar-refractivity contribution is 0.310. The molecule has 25 heavy (non-hydrogen) atoms. The third kappa shape index (κ3) is 6.33. The molecule has 5 nitrogen and oxygen atoms in total. The van der Waals surface area contributed by atoms with Gasteiger partial charge in [0, 0.05) is 25.7 Å². The van der Waals surface area contributed by atoms with Crippen molar-refractivity contribution in [3.05, 3.63) is 59.9 Å². The summed E-state index contributed by atoms with van der Waals surface area (Å²) in [5, 5.41) is 6.48. The van der Waals surface area contributed by atoms with E-state index in [9.17, 15) is 4.39 Å². The molecule has 0 fully saturated rings. The third-order valence-corrected chi connectivity index (χ3v) is 3.56. The summed E-state index contributed by atoms with van der Waals surface area (Å²) in [4.78, 5) is 4.20. The second kappa shape index (κ2) is 10.2. The first-order chi connectivity index (χ1) is 12.2. The third-order valence-electron chi connectivity index (χ3n) is 3.56. The molecular weight excluding hydrogens is 321 g/mol. The Morgan fingerprint density at radius 1 is 1.08 bits per heavy atom. The molecule has 0 atom stereocenters. The van der Waals surface area contributed by atoms with Gasteiger partial charge in [-0.2, -0.15) is 0 Å². The zero-order valence-electron chi connectivity index (χ0n) is 14.6. The van der Waals surface area contributed by atoms with Gasteiger partial charge in [0.2, 0.25) is 0 Å². The molecule has 0 saturated heterocycles. The van der Waals surface area contributed by atoms with Crippen LogP contribution in [0.3, 0.4) is 0 Å². The first-order valence-electron chi connectivity index (χ1n) is 8.17. The number of guanidine groups is 1. The number of nitrogens with one attached hydrogen (secondary N) is 2. The highest BCUT2D eigenvalue weighted by Crippen LogP contribution is 2.16. The number of halogens is 1. The molecule has 0 aliphatic rings. The topological polar surface area (TPSA) is 54.9 Å². The second-order valence-corrected chi connectivity index (χ2v) is 5.32. The van der Waals surface area contributed by atoms with Gasteiger partial charge < -0.3 is 20.1 Å². The van der Waals surface area contributed by atoms with E-state index in [0.717, 1.165) is 17.7 Å². The molecule has 2 N–H and O–H groups in total. The number of benzene rings is 2. The molecule has 0 bridgehead atoms. The van der Waals surface area contributed by atoms with E-state index >= 15 is 0 Å². The van der Waals surface area contributed by atoms with Gasteiger partial charge in [0.1, 0.15) is 17.3 Å². The Kier molecular flexibility index (Phi) is 7.56. The molecule has 0 saturated carbocycles. The van der Waals surface area contributed by atoms with Crippen LogP contribution in [0.2, 0.25) is 0 Å². The number of ether oxygens (including phenoxy) is 2. The fourth-order valence-corrected chi connectivity index (χ4v) is 2.25. The van der Waals surface area contributed by atoms with E-state index in [0.29, 0.717) is 31.4 Å². The summed E-state index contributed by atoms with van der Waals surface area (Å²) in [6.45, 7) is 1.88. The summed E-state index contributed by atoms with van der Waals surface area (Å²) in [5.41, 5.74) is 1.06. The van der Waals surface area contributed by atoms with Gasteiger partial charge in [-0.25, -0.2) is 4.39 Å². The van der Waals surface area contributed by atoms with Crippen LogP contribution < -0.4 is 20.1 Å². The summed E-state index contributed by atoms with van der Waals surface area (Å²) in [5.74, 6) is 1.96. The Morgan fingerprint density at radius 3 is 2.56 bits per heavy atom. The van der Waals surface area contributed by atoms with Crippen LogP contribution in [0, 0.1) is 5.82 Å². The van der Waals surface area contributed by atoms with Gasteiger partial charge in [-0.1, -0.05) is 18.2 Å². The number of para-hydroxylation sites is 1. The number of methoxy groups -OCH3 is 1. The second-order valence-electron chi connectivity index (χ2n) is 5.32. The molecule has 0 aliphatic heterocycles. The van der Waals surface area contributed by atoms with Crippen LogP contribution in [0.4, 0.5) is 4.39 Å². The van der Waals surface area contributed by atoms with Crippen LogP contribution in [0.1, 0.15) is 12.0 Å². The lowest BCUT2D eigenvalue weighted by Crippen LogP contribution is -2.37. The maximum Gasteiger partial charge on any atom is 0.191 e. The van der Waals surface area contributed by atoms with E-state index in [4.69, 9.17) is 9.47 Å². The standard InChI is InChI=1S/C19H24FN3O2/c1-21-19(23-14-15-6-3-4-7-18(15)24-2)22-12-5-13-25-17-10-8-16(20)9-11-17/h3-4,6-11H,5,12-14H2,1-2H3,(H2,21,22,23). The molecule has 2 aromatic carbocycles. The van der Waals surface area contributed by atoms with E-state index in [1.165, 1.54) is 12.1 Å². The first-order valence-corrected chi connectivity index (χ1v) is 8.17. The molecule has 0 unspecified atom stereocenters. The molecular formula is C19H24FN3O2. The predicted molar refractivity (Wildman–Crippen MR) is 97.7 cm³/mol. The highest BCUT2D eigenvalue weighted by molar-refractivity contribution is 5.79. The van der Waals surface area contributed by atoms with Gasteiger partial charge in [0.15, 0.2) is 5.96 Å². The number of hydrogen-bond donors (Lipinski definition) is 2. The van der Waals surface area contributed by atoms with Crippen molar-refractivity contribution in [2.45, 2.75) is 13.0 Å². The SMILES string of the molecule is CN=C(NCCCOc1ccc(F)cc1)NCc1ccccc1OC. The fourth-order valence-electron chi connectivity index (χ4n) is 2.25. The van der Waals surface area contributed by atoms with Crippen molar-refractivity contribution in [2.24, 2.45) is 4.99 Å². The zero-order chi connectivity index (χ0) is 17.9. The fraction of sp³-hybridized carbons (Fsp3) is 0.316. The lowest BCUT2D eigenvalue weighted by atomic mass is 10.2. The van der Waals surface area contributed by atoms with Crippen molar-refractivity contribution in [2.75, 3.05) is 27.3 Å². The molecule has 134 valence electrons. The average Bonchev–Trinajstić information content (AvgIpc) is 2.65. The normalized spacial score (nSPS) is 11.1. The van der Waals surface area contributed by atoms with Crippen LogP contribution in [0.25, 0.3) is 0 Å². The highest BCUT2D eigenvalue weighted by atomic mass is 19.1. The zero-order valence-corrected chi connectivity index (χ0v) is 14.6. The average molecular weight is 345 g/mol. The van der Waals surface area contributed by atoms with Gasteiger partial charge >= 0.3 is 0 Å². The van der Waals surface area contributed by atoms with Crippen LogP contribution in [0.15, 0.2) is 53.5 Å². The molecule has 0 radical (unpaired) electrons. The quantitative estimate of drug-likeness (QED) is 0.439. The largest absolute Gasteiger partial charge is 0.496 e. The lowest BCUT2D eigenvalue weighted by Gasteiger charge is -2.14. The minimum absolute atomic E-state index is 0.265. The Bertz CT molecular complexity index is 675. The summed E-state index contributed by atoms with van der Waals surface area (Å²) in [6.07, 6.45) is 0.798. The predicted octanol–water partition coefficient (Wildman–Crippen LogP) is 2.97. The number of rotatable bonds is 8. The maximum atomic E-state index is 12.8. The Hall–Kier alpha value is -2.76. The van der Waals surface area contributed by atoms with Crippen molar-refractivity contribution in [3.8, 4) is 11.5 Å². The van der Waals surface area contributed by atoms with E-state index in [1.54, 1.807) is 26.3 Å². The van der Waals surface area contributed by atoms with Crippen LogP contribution in [0.5, 0.6) is 11.5 Å². The molecule has 0 amide bonds. The van der Waals surface area contributed by atoms with Gasteiger partial charge in [-0.15, -0.1) is 0 Å². The number of aliphatic imine (C=N–C) groups is 1. The minimum atomic E-state index is -0.265. The molecule has 0 aromatic heterocycles. The van der Waals surface area contributed by atoms with Crippen LogP contribution in [-0.4, -0.2) is 33.3 Å². The van der Waals surface area contributed by atoms with Gasteiger partial charge in [0.25, 0.3) is 0 Å². The Balaban J connectivity index is 1.67. The number of hydrogen-bond acceptors (Lipinski definition) is 3. The summed E-state index contributed by atoms with van der Waals surface area (Å²) >= 11 is 0. The van der Waals surface area contributed by atoms with Gasteiger partial charge in [-0.3, -0.25) is 4.99 Å². The smallest absolute Gasteiger partial charge is 0.191 e. The molecule has 0 aliphatic carbocycles. The summed E-state index contributed by atoms with van der Waals surface area (Å²) < 4.78 is 23.7. The van der Waals surface area contributed by atoms with Crippen molar-refractivity contribution >= 4 is 5.96 Å². The monoisotopic (exact) mass is 345 g/mol. The van der Waals surface area contributed by atoms with Gasteiger partial charge in [0.05, 0.1) is 13.7 Å². The van der Waals surface area contributed by atoms with E-state index in [-0.39, 0.29) is 5.82 Å². The van der Waals surface area contributed by atoms with Crippen LogP contribution in [-0.2, 0) is 6.54 Å². The maximum absolute atomic E-state index is 12.8. The number of nitrogens with zero attached hydrogens (tertiary/aromatic N) is 1. The summed E-state index contributed by atoms with van der Waals surface area (Å²) in [7, 11) is 3.39. The van der Waals surface area contributed by atoms with E-state index < -0.39 is 0 Å². The van der Waals surface area contributed by atoms with E-state index in [1.807, 2.05) is 24.3 Å². The molecule has 0 heterocycles. The van der Waals surface area contributed by atoms with Gasteiger partial charge in [-0.05, 0) is 36.8 Å². The highest BCUT2D eigenvalue weighted by Gasteiger charge is 2.03. The van der Waals surface area contributed by atoms with Crippen molar-refractivity contribution < 1.29 is 13.9 Å². The van der Waals surface area contributed by atoms with Crippen molar-refractivity contribution in [1.82, 2.24) is 10.6 Å². The molecule has 0 spiro atoms. The molecule has 6 heteroatoms. The van der Waals surface area contributed by atoms with Crippen molar-refractivity contribution in [1.29, 1.82) is 0 Å². The Labute approximate surface area is 147 Å². The first kappa shape index (κ1) is 18.6. The van der Waals surface area contributed by atoms with Crippen LogP contribution >= 0.6 is 0 Å². The summed E-state index contributed by atoms with van der Waals surface area (Å²) in [6, 6.07) is 13.9. The molecule has 2 aromatic rings. The Morgan fingerprint density at radius 2 is 1.84 bits per heavy atom. The van der Waals surface area contributed by atoms with E-state index in [2.05, 4.69) is 15.6 Å². The minimum Gasteiger partial charge on any atom is -0.496 e.